The van der Waals surface area contributed by atoms with Crippen molar-refractivity contribution >= 4 is 20.3 Å². The van der Waals surface area contributed by atoms with Crippen molar-refractivity contribution in [2.75, 3.05) is 20.7 Å². The summed E-state index contributed by atoms with van der Waals surface area (Å²) in [6, 6.07) is 10.5. The normalized spacial score (nSPS) is 11.6. The summed E-state index contributed by atoms with van der Waals surface area (Å²) in [6.45, 7) is 7.70. The van der Waals surface area contributed by atoms with Gasteiger partial charge in [-0.1, -0.05) is 50.0 Å². The molecule has 0 aliphatic heterocycles. The maximum Gasteiger partial charge on any atom is 0.303 e. The summed E-state index contributed by atoms with van der Waals surface area (Å²) in [7, 11) is 2.24. The van der Waals surface area contributed by atoms with E-state index >= 15 is 0 Å². The van der Waals surface area contributed by atoms with E-state index in [1.807, 2.05) is 30.3 Å². The average molecular weight is 431 g/mol. The molecule has 1 heterocycles. The second-order valence-corrected chi connectivity index (χ2v) is 14.0. The Morgan fingerprint density at radius 1 is 1.23 bits per heavy atom. The molecule has 162 valence electrons. The van der Waals surface area contributed by atoms with Crippen molar-refractivity contribution in [1.29, 1.82) is 0 Å². The molecule has 0 aliphatic rings. The Balaban J connectivity index is 2.23. The van der Waals surface area contributed by atoms with Crippen LogP contribution < -0.4 is 10.2 Å². The van der Waals surface area contributed by atoms with E-state index in [1.165, 1.54) is 17.2 Å². The molecule has 0 saturated heterocycles. The molecular formula is C21H30N4O4Si. The van der Waals surface area contributed by atoms with Crippen LogP contribution in [0, 0.1) is 0 Å². The Hall–Kier alpha value is -2.78. The van der Waals surface area contributed by atoms with Gasteiger partial charge in [-0.25, -0.2) is 4.68 Å². The van der Waals surface area contributed by atoms with Gasteiger partial charge in [-0.3, -0.25) is 9.59 Å². The highest BCUT2D eigenvalue weighted by Crippen LogP contribution is 2.10. The summed E-state index contributed by atoms with van der Waals surface area (Å²) in [6.07, 6.45) is 2.79. The molecule has 1 aromatic heterocycles. The smallest absolute Gasteiger partial charge is 0.303 e. The monoisotopic (exact) mass is 430 g/mol. The molecule has 0 saturated carbocycles. The lowest BCUT2D eigenvalue weighted by molar-refractivity contribution is 0.0751. The standard InChI is InChI=1S/C21H30N4O4Si/c1-24(2)15-22-21(27)19-20(26)18(29-14-17-9-7-6-8-10-17)13-25(23-19)16-28-11-12-30(3,4)5/h6-10,13,15H,11-12,14,16H2,1-5H3. The van der Waals surface area contributed by atoms with Crippen molar-refractivity contribution in [3.05, 3.63) is 58.0 Å². The molecular weight excluding hydrogens is 400 g/mol. The SMILES string of the molecule is CN(C)C=NC(=O)c1nn(COCC[Si](C)(C)C)cc(OCc2ccccc2)c1=O. The minimum absolute atomic E-state index is 0.0334. The van der Waals surface area contributed by atoms with Crippen LogP contribution in [-0.2, 0) is 18.1 Å². The number of carbonyl (C=O) groups excluding carboxylic acids is 1. The maximum atomic E-state index is 12.7. The fraction of sp³-hybridized carbons (Fsp3) is 0.429. The number of ether oxygens (including phenoxy) is 2. The molecule has 0 N–H and O–H groups in total. The Morgan fingerprint density at radius 2 is 1.93 bits per heavy atom. The van der Waals surface area contributed by atoms with Gasteiger partial charge in [0, 0.05) is 28.8 Å². The van der Waals surface area contributed by atoms with Crippen molar-refractivity contribution in [2.24, 2.45) is 4.99 Å². The Morgan fingerprint density at radius 3 is 2.57 bits per heavy atom. The molecule has 2 rings (SSSR count). The first-order valence-electron chi connectivity index (χ1n) is 9.77. The molecule has 0 radical (unpaired) electrons. The quantitative estimate of drug-likeness (QED) is 0.249. The third-order valence-electron chi connectivity index (χ3n) is 4.00. The van der Waals surface area contributed by atoms with Crippen molar-refractivity contribution in [1.82, 2.24) is 14.7 Å². The van der Waals surface area contributed by atoms with Crippen LogP contribution in [0.15, 0.2) is 46.3 Å². The first-order valence-corrected chi connectivity index (χ1v) is 13.5. The van der Waals surface area contributed by atoms with Gasteiger partial charge in [0.05, 0.1) is 12.5 Å². The van der Waals surface area contributed by atoms with Crippen LogP contribution >= 0.6 is 0 Å². The van der Waals surface area contributed by atoms with E-state index in [-0.39, 0.29) is 24.8 Å². The average Bonchev–Trinajstić information content (AvgIpc) is 2.69. The summed E-state index contributed by atoms with van der Waals surface area (Å²) in [5, 5.41) is 4.13. The van der Waals surface area contributed by atoms with Crippen LogP contribution in [0.25, 0.3) is 0 Å². The van der Waals surface area contributed by atoms with E-state index in [0.717, 1.165) is 11.6 Å². The van der Waals surface area contributed by atoms with Gasteiger partial charge >= 0.3 is 5.91 Å². The van der Waals surface area contributed by atoms with Gasteiger partial charge in [-0.15, -0.1) is 0 Å². The molecule has 30 heavy (non-hydrogen) atoms. The molecule has 0 unspecified atom stereocenters. The van der Waals surface area contributed by atoms with Gasteiger partial charge in [-0.05, 0) is 11.6 Å². The number of nitrogens with zero attached hydrogens (tertiary/aromatic N) is 4. The lowest BCUT2D eigenvalue weighted by Gasteiger charge is -2.16. The highest BCUT2D eigenvalue weighted by atomic mass is 28.3. The van der Waals surface area contributed by atoms with Crippen molar-refractivity contribution < 1.29 is 14.3 Å². The van der Waals surface area contributed by atoms with Crippen LogP contribution in [0.2, 0.25) is 25.7 Å². The van der Waals surface area contributed by atoms with Gasteiger partial charge in [-0.2, -0.15) is 10.1 Å². The topological polar surface area (TPSA) is 86.0 Å². The third-order valence-corrected chi connectivity index (χ3v) is 5.70. The van der Waals surface area contributed by atoms with Gasteiger partial charge in [0.15, 0.2) is 5.75 Å². The summed E-state index contributed by atoms with van der Waals surface area (Å²) in [5.74, 6) is -0.694. The maximum absolute atomic E-state index is 12.7. The van der Waals surface area contributed by atoms with Gasteiger partial charge in [0.25, 0.3) is 5.43 Å². The van der Waals surface area contributed by atoms with Gasteiger partial charge in [0.1, 0.15) is 13.3 Å². The van der Waals surface area contributed by atoms with Crippen molar-refractivity contribution in [2.45, 2.75) is 39.0 Å². The Bertz CT molecular complexity index is 921. The van der Waals surface area contributed by atoms with Gasteiger partial charge in [0.2, 0.25) is 5.69 Å². The van der Waals surface area contributed by atoms with Crippen LogP contribution in [-0.4, -0.2) is 55.7 Å². The number of hydrogen-bond donors (Lipinski definition) is 0. The molecule has 0 aliphatic carbocycles. The zero-order chi connectivity index (χ0) is 22.1. The zero-order valence-corrected chi connectivity index (χ0v) is 19.3. The number of rotatable bonds is 10. The summed E-state index contributed by atoms with van der Waals surface area (Å²) < 4.78 is 12.8. The molecule has 9 heteroatoms. The number of benzene rings is 1. The predicted molar refractivity (Wildman–Crippen MR) is 120 cm³/mol. The Kier molecular flexibility index (Phi) is 8.49. The zero-order valence-electron chi connectivity index (χ0n) is 18.3. The van der Waals surface area contributed by atoms with E-state index < -0.39 is 19.4 Å². The van der Waals surface area contributed by atoms with E-state index in [4.69, 9.17) is 9.47 Å². The number of amides is 1. The number of hydrogen-bond acceptors (Lipinski definition) is 5. The molecule has 0 fully saturated rings. The van der Waals surface area contributed by atoms with Crippen LogP contribution in [0.3, 0.4) is 0 Å². The summed E-state index contributed by atoms with van der Waals surface area (Å²) in [5.41, 5.74) is 0.0165. The summed E-state index contributed by atoms with van der Waals surface area (Å²) >= 11 is 0. The van der Waals surface area contributed by atoms with Crippen molar-refractivity contribution in [3.63, 3.8) is 0 Å². The predicted octanol–water partition coefficient (Wildman–Crippen LogP) is 2.86. The first kappa shape index (κ1) is 23.5. The Labute approximate surface area is 178 Å². The molecule has 2 aromatic rings. The van der Waals surface area contributed by atoms with E-state index in [0.29, 0.717) is 6.61 Å². The fourth-order valence-corrected chi connectivity index (χ4v) is 3.08. The number of carbonyl (C=O) groups is 1. The molecule has 0 atom stereocenters. The highest BCUT2D eigenvalue weighted by molar-refractivity contribution is 6.76. The minimum atomic E-state index is -1.22. The first-order chi connectivity index (χ1) is 14.2. The minimum Gasteiger partial charge on any atom is -0.483 e. The second kappa shape index (κ2) is 10.8. The number of aliphatic imine (C=N–C) groups is 1. The highest BCUT2D eigenvalue weighted by Gasteiger charge is 2.18. The third kappa shape index (κ3) is 7.92. The lowest BCUT2D eigenvalue weighted by Crippen LogP contribution is -2.25. The van der Waals surface area contributed by atoms with Crippen LogP contribution in [0.1, 0.15) is 16.1 Å². The molecule has 0 bridgehead atoms. The summed E-state index contributed by atoms with van der Waals surface area (Å²) in [4.78, 5) is 30.5. The molecule has 0 spiro atoms. The largest absolute Gasteiger partial charge is 0.483 e. The van der Waals surface area contributed by atoms with Crippen molar-refractivity contribution in [3.8, 4) is 5.75 Å². The lowest BCUT2D eigenvalue weighted by atomic mass is 10.2. The van der Waals surface area contributed by atoms with Crippen LogP contribution in [0.5, 0.6) is 5.75 Å². The molecule has 1 amide bonds. The van der Waals surface area contributed by atoms with E-state index in [1.54, 1.807) is 19.0 Å². The van der Waals surface area contributed by atoms with E-state index in [2.05, 4.69) is 29.7 Å². The number of aromatic nitrogens is 2. The van der Waals surface area contributed by atoms with Crippen LogP contribution in [0.4, 0.5) is 0 Å². The molecule has 1 aromatic carbocycles. The molecule has 8 nitrogen and oxygen atoms in total. The van der Waals surface area contributed by atoms with Gasteiger partial charge < -0.3 is 14.4 Å². The second-order valence-electron chi connectivity index (χ2n) is 8.35. The van der Waals surface area contributed by atoms with E-state index in [9.17, 15) is 9.59 Å². The fourth-order valence-electron chi connectivity index (χ4n) is 2.32.